The average molecular weight is 262 g/mol. The van der Waals surface area contributed by atoms with Gasteiger partial charge in [-0.25, -0.2) is 13.4 Å². The topological polar surface area (TPSA) is 73.0 Å². The molecular formula is C13H14N2O2S. The van der Waals surface area contributed by atoms with Gasteiger partial charge in [0, 0.05) is 11.8 Å². The molecule has 1 aromatic heterocycles. The molecule has 2 N–H and O–H groups in total. The van der Waals surface area contributed by atoms with E-state index in [1.807, 2.05) is 6.07 Å². The lowest BCUT2D eigenvalue weighted by molar-refractivity contribution is 0.597. The Hall–Kier alpha value is -1.88. The summed E-state index contributed by atoms with van der Waals surface area (Å²) in [6.07, 6.45) is 1.67. The van der Waals surface area contributed by atoms with E-state index in [9.17, 15) is 8.42 Å². The van der Waals surface area contributed by atoms with Gasteiger partial charge < -0.3 is 5.73 Å². The predicted octanol–water partition coefficient (Wildman–Crippen LogP) is 2.12. The van der Waals surface area contributed by atoms with Crippen LogP contribution in [0.15, 0.2) is 47.5 Å². The summed E-state index contributed by atoms with van der Waals surface area (Å²) in [5.74, 6) is 0.569. The fourth-order valence-corrected chi connectivity index (χ4v) is 2.48. The molecule has 0 unspecified atom stereocenters. The van der Waals surface area contributed by atoms with Crippen LogP contribution >= 0.6 is 0 Å². The van der Waals surface area contributed by atoms with Crippen LogP contribution < -0.4 is 5.73 Å². The minimum absolute atomic E-state index is 0.107. The molecule has 0 saturated heterocycles. The van der Waals surface area contributed by atoms with E-state index in [1.165, 1.54) is 0 Å². The van der Waals surface area contributed by atoms with Gasteiger partial charge in [-0.1, -0.05) is 19.1 Å². The van der Waals surface area contributed by atoms with Crippen molar-refractivity contribution in [1.29, 1.82) is 0 Å². The molecule has 0 saturated carbocycles. The number of hydrogen-bond donors (Lipinski definition) is 1. The predicted molar refractivity (Wildman–Crippen MR) is 71.8 cm³/mol. The maximum atomic E-state index is 11.7. The molecule has 1 aromatic carbocycles. The maximum absolute atomic E-state index is 11.7. The zero-order valence-corrected chi connectivity index (χ0v) is 10.8. The molecule has 0 spiro atoms. The average Bonchev–Trinajstić information content (AvgIpc) is 2.40. The van der Waals surface area contributed by atoms with Crippen molar-refractivity contribution in [3.8, 4) is 11.1 Å². The normalized spacial score (nSPS) is 11.4. The number of nitrogens with zero attached hydrogens (tertiary/aromatic N) is 1. The van der Waals surface area contributed by atoms with E-state index in [2.05, 4.69) is 4.98 Å². The van der Waals surface area contributed by atoms with Crippen LogP contribution in [0.25, 0.3) is 11.1 Å². The largest absolute Gasteiger partial charge is 0.384 e. The van der Waals surface area contributed by atoms with Gasteiger partial charge in [0.15, 0.2) is 9.84 Å². The number of nitrogens with two attached hydrogens (primary N) is 1. The standard InChI is InChI=1S/C13H14N2O2S/c1-2-18(16,17)12-6-3-10(4-7-12)11-5-8-13(14)15-9-11/h3-9H,2H2,1H3,(H2,14,15). The highest BCUT2D eigenvalue weighted by atomic mass is 32.2. The second-order valence-electron chi connectivity index (χ2n) is 3.90. The Bertz CT molecular complexity index is 632. The molecule has 1 heterocycles. The molecule has 0 bridgehead atoms. The van der Waals surface area contributed by atoms with Crippen molar-refractivity contribution in [3.05, 3.63) is 42.6 Å². The third-order valence-corrected chi connectivity index (χ3v) is 4.46. The minimum atomic E-state index is -3.14. The highest BCUT2D eigenvalue weighted by molar-refractivity contribution is 7.91. The van der Waals surface area contributed by atoms with E-state index in [4.69, 9.17) is 5.73 Å². The van der Waals surface area contributed by atoms with Crippen molar-refractivity contribution < 1.29 is 8.42 Å². The van der Waals surface area contributed by atoms with E-state index < -0.39 is 9.84 Å². The third-order valence-electron chi connectivity index (χ3n) is 2.71. The van der Waals surface area contributed by atoms with Crippen LogP contribution in [0, 0.1) is 0 Å². The van der Waals surface area contributed by atoms with Gasteiger partial charge in [0.05, 0.1) is 10.6 Å². The number of benzene rings is 1. The number of rotatable bonds is 3. The van der Waals surface area contributed by atoms with Gasteiger partial charge in [-0.2, -0.15) is 0 Å². The van der Waals surface area contributed by atoms with Crippen LogP contribution in [0.1, 0.15) is 6.92 Å². The molecule has 5 heteroatoms. The highest BCUT2D eigenvalue weighted by Crippen LogP contribution is 2.21. The molecule has 18 heavy (non-hydrogen) atoms. The first-order chi connectivity index (χ1) is 8.53. The van der Waals surface area contributed by atoms with Gasteiger partial charge in [-0.05, 0) is 29.8 Å². The quantitative estimate of drug-likeness (QED) is 0.919. The second-order valence-corrected chi connectivity index (χ2v) is 6.18. The summed E-state index contributed by atoms with van der Waals surface area (Å²) < 4.78 is 23.3. The molecule has 2 aromatic rings. The fraction of sp³-hybridized carbons (Fsp3) is 0.154. The third kappa shape index (κ3) is 2.51. The highest BCUT2D eigenvalue weighted by Gasteiger charge is 2.10. The minimum Gasteiger partial charge on any atom is -0.384 e. The Balaban J connectivity index is 2.36. The van der Waals surface area contributed by atoms with Crippen LogP contribution in [-0.2, 0) is 9.84 Å². The molecule has 0 aliphatic rings. The van der Waals surface area contributed by atoms with E-state index in [-0.39, 0.29) is 5.75 Å². The van der Waals surface area contributed by atoms with Crippen LogP contribution in [0.3, 0.4) is 0 Å². The van der Waals surface area contributed by atoms with E-state index in [0.29, 0.717) is 10.7 Å². The van der Waals surface area contributed by atoms with Crippen LogP contribution in [-0.4, -0.2) is 19.2 Å². The van der Waals surface area contributed by atoms with E-state index in [1.54, 1.807) is 43.5 Å². The van der Waals surface area contributed by atoms with Crippen molar-refractivity contribution in [2.24, 2.45) is 0 Å². The molecule has 0 amide bonds. The molecular weight excluding hydrogens is 248 g/mol. The molecule has 0 fully saturated rings. The lowest BCUT2D eigenvalue weighted by atomic mass is 10.1. The molecule has 94 valence electrons. The first-order valence-electron chi connectivity index (χ1n) is 5.57. The summed E-state index contributed by atoms with van der Waals surface area (Å²) in [5, 5.41) is 0. The van der Waals surface area contributed by atoms with Gasteiger partial charge in [-0.3, -0.25) is 0 Å². The first kappa shape index (κ1) is 12.6. The molecule has 2 rings (SSSR count). The zero-order chi connectivity index (χ0) is 13.2. The van der Waals surface area contributed by atoms with E-state index >= 15 is 0 Å². The summed E-state index contributed by atoms with van der Waals surface area (Å²) in [5.41, 5.74) is 7.34. The van der Waals surface area contributed by atoms with Crippen molar-refractivity contribution in [2.75, 3.05) is 11.5 Å². The number of hydrogen-bond acceptors (Lipinski definition) is 4. The Morgan fingerprint density at radius 3 is 2.17 bits per heavy atom. The Morgan fingerprint density at radius 2 is 1.67 bits per heavy atom. The van der Waals surface area contributed by atoms with Crippen LogP contribution in [0.5, 0.6) is 0 Å². The van der Waals surface area contributed by atoms with Crippen molar-refractivity contribution in [3.63, 3.8) is 0 Å². The van der Waals surface area contributed by atoms with Gasteiger partial charge in [-0.15, -0.1) is 0 Å². The van der Waals surface area contributed by atoms with Crippen LogP contribution in [0.2, 0.25) is 0 Å². The lowest BCUT2D eigenvalue weighted by Gasteiger charge is -2.04. The Kier molecular flexibility index (Phi) is 3.34. The maximum Gasteiger partial charge on any atom is 0.178 e. The van der Waals surface area contributed by atoms with Crippen molar-refractivity contribution >= 4 is 15.7 Å². The van der Waals surface area contributed by atoms with Gasteiger partial charge >= 0.3 is 0 Å². The molecule has 4 nitrogen and oxygen atoms in total. The van der Waals surface area contributed by atoms with Crippen LogP contribution in [0.4, 0.5) is 5.82 Å². The van der Waals surface area contributed by atoms with Gasteiger partial charge in [0.2, 0.25) is 0 Å². The molecule has 0 aliphatic carbocycles. The summed E-state index contributed by atoms with van der Waals surface area (Å²) >= 11 is 0. The van der Waals surface area contributed by atoms with Gasteiger partial charge in [0.25, 0.3) is 0 Å². The zero-order valence-electron chi connectivity index (χ0n) is 10.00. The number of anilines is 1. The van der Waals surface area contributed by atoms with E-state index in [0.717, 1.165) is 11.1 Å². The number of sulfone groups is 1. The molecule has 0 aliphatic heterocycles. The smallest absolute Gasteiger partial charge is 0.178 e. The summed E-state index contributed by atoms with van der Waals surface area (Å²) in [7, 11) is -3.14. The summed E-state index contributed by atoms with van der Waals surface area (Å²) in [6.45, 7) is 1.63. The summed E-state index contributed by atoms with van der Waals surface area (Å²) in [6, 6.07) is 10.3. The number of aromatic nitrogens is 1. The molecule has 0 radical (unpaired) electrons. The summed E-state index contributed by atoms with van der Waals surface area (Å²) in [4.78, 5) is 4.35. The number of nitrogen functional groups attached to an aromatic ring is 1. The van der Waals surface area contributed by atoms with Crippen molar-refractivity contribution in [1.82, 2.24) is 4.98 Å². The first-order valence-corrected chi connectivity index (χ1v) is 7.23. The van der Waals surface area contributed by atoms with Gasteiger partial charge in [0.1, 0.15) is 5.82 Å². The monoisotopic (exact) mass is 262 g/mol. The Labute approximate surface area is 106 Å². The number of pyridine rings is 1. The van der Waals surface area contributed by atoms with Crippen molar-refractivity contribution in [2.45, 2.75) is 11.8 Å². The second kappa shape index (κ2) is 4.78. The molecule has 0 atom stereocenters. The lowest BCUT2D eigenvalue weighted by Crippen LogP contribution is -2.03. The Morgan fingerprint density at radius 1 is 1.06 bits per heavy atom. The fourth-order valence-electron chi connectivity index (χ4n) is 1.60. The SMILES string of the molecule is CCS(=O)(=O)c1ccc(-c2ccc(N)nc2)cc1.